The van der Waals surface area contributed by atoms with E-state index >= 15 is 0 Å². The van der Waals surface area contributed by atoms with Crippen LogP contribution in [-0.4, -0.2) is 35.8 Å². The molecule has 1 aliphatic heterocycles. The zero-order chi connectivity index (χ0) is 12.3. The van der Waals surface area contributed by atoms with Gasteiger partial charge in [0.15, 0.2) is 0 Å². The minimum Gasteiger partial charge on any atom is -0.353 e. The summed E-state index contributed by atoms with van der Waals surface area (Å²) >= 11 is 0. The number of nitrogens with one attached hydrogen (secondary N) is 1. The summed E-state index contributed by atoms with van der Waals surface area (Å²) in [6, 6.07) is 0.349. The molecule has 0 aromatic rings. The molecule has 1 unspecified atom stereocenters. The van der Waals surface area contributed by atoms with Gasteiger partial charge in [0.25, 0.3) is 0 Å². The van der Waals surface area contributed by atoms with Gasteiger partial charge in [0.05, 0.1) is 5.92 Å². The summed E-state index contributed by atoms with van der Waals surface area (Å²) in [6.45, 7) is 3.28. The monoisotopic (exact) mass is 238 g/mol. The van der Waals surface area contributed by atoms with Crippen LogP contribution in [-0.2, 0) is 9.59 Å². The van der Waals surface area contributed by atoms with Gasteiger partial charge in [-0.2, -0.15) is 0 Å². The van der Waals surface area contributed by atoms with Crippen LogP contribution in [0, 0.1) is 5.92 Å². The van der Waals surface area contributed by atoms with Gasteiger partial charge in [-0.25, -0.2) is 0 Å². The molecular formula is C13H22N2O2. The molecule has 0 bridgehead atoms. The first-order valence-electron chi connectivity index (χ1n) is 6.79. The molecule has 17 heavy (non-hydrogen) atoms. The highest BCUT2D eigenvalue weighted by atomic mass is 16.2. The van der Waals surface area contributed by atoms with Crippen molar-refractivity contribution < 1.29 is 9.59 Å². The van der Waals surface area contributed by atoms with Gasteiger partial charge in [-0.15, -0.1) is 0 Å². The molecule has 0 aromatic carbocycles. The van der Waals surface area contributed by atoms with Crippen LogP contribution in [0.1, 0.15) is 45.4 Å². The van der Waals surface area contributed by atoms with Crippen LogP contribution in [0.2, 0.25) is 0 Å². The van der Waals surface area contributed by atoms with Gasteiger partial charge >= 0.3 is 0 Å². The van der Waals surface area contributed by atoms with Crippen molar-refractivity contribution in [2.75, 3.05) is 13.1 Å². The number of carbonyl (C=O) groups is 2. The summed E-state index contributed by atoms with van der Waals surface area (Å²) in [5, 5.41) is 3.11. The summed E-state index contributed by atoms with van der Waals surface area (Å²) in [5.74, 6) is 0.0851. The van der Waals surface area contributed by atoms with Gasteiger partial charge in [-0.1, -0.05) is 19.3 Å². The molecule has 1 atom stereocenters. The Morgan fingerprint density at radius 1 is 1.35 bits per heavy atom. The zero-order valence-electron chi connectivity index (χ0n) is 10.6. The molecule has 4 heteroatoms. The normalized spacial score (nSPS) is 26.3. The lowest BCUT2D eigenvalue weighted by Gasteiger charge is -2.24. The summed E-state index contributed by atoms with van der Waals surface area (Å²) in [4.78, 5) is 25.4. The van der Waals surface area contributed by atoms with E-state index in [1.807, 2.05) is 6.92 Å². The fourth-order valence-corrected chi connectivity index (χ4v) is 2.82. The van der Waals surface area contributed by atoms with Gasteiger partial charge in [-0.05, 0) is 19.8 Å². The third-order valence-electron chi connectivity index (χ3n) is 3.92. The third kappa shape index (κ3) is 2.99. The number of carbonyl (C=O) groups excluding carboxylic acids is 2. The number of hydrogen-bond acceptors (Lipinski definition) is 2. The van der Waals surface area contributed by atoms with Crippen molar-refractivity contribution in [1.29, 1.82) is 0 Å². The Morgan fingerprint density at radius 2 is 2.06 bits per heavy atom. The summed E-state index contributed by atoms with van der Waals surface area (Å²) in [6.07, 6.45) is 6.32. The van der Waals surface area contributed by atoms with Gasteiger partial charge in [-0.3, -0.25) is 9.59 Å². The van der Waals surface area contributed by atoms with Crippen molar-refractivity contribution in [3.05, 3.63) is 0 Å². The quantitative estimate of drug-likeness (QED) is 0.805. The smallest absolute Gasteiger partial charge is 0.225 e. The molecular weight excluding hydrogens is 216 g/mol. The Labute approximate surface area is 103 Å². The fraction of sp³-hybridized carbons (Fsp3) is 0.846. The number of likely N-dealkylation sites (tertiary alicyclic amines) is 1. The van der Waals surface area contributed by atoms with Crippen LogP contribution in [0.4, 0.5) is 0 Å². The van der Waals surface area contributed by atoms with Crippen LogP contribution in [0.15, 0.2) is 0 Å². The number of rotatable bonds is 3. The van der Waals surface area contributed by atoms with E-state index in [-0.39, 0.29) is 17.7 Å². The maximum absolute atomic E-state index is 12.0. The highest BCUT2D eigenvalue weighted by Crippen LogP contribution is 2.21. The van der Waals surface area contributed by atoms with Gasteiger partial charge < -0.3 is 10.2 Å². The Kier molecular flexibility index (Phi) is 4.02. The lowest BCUT2D eigenvalue weighted by molar-refractivity contribution is -0.129. The topological polar surface area (TPSA) is 49.4 Å². The second kappa shape index (κ2) is 5.52. The second-order valence-corrected chi connectivity index (χ2v) is 5.18. The molecule has 1 saturated heterocycles. The van der Waals surface area contributed by atoms with Gasteiger partial charge in [0.1, 0.15) is 0 Å². The van der Waals surface area contributed by atoms with E-state index in [0.717, 1.165) is 12.8 Å². The zero-order valence-corrected chi connectivity index (χ0v) is 10.6. The number of amides is 2. The predicted molar refractivity (Wildman–Crippen MR) is 65.4 cm³/mol. The first-order valence-corrected chi connectivity index (χ1v) is 6.79. The average molecular weight is 238 g/mol. The summed E-state index contributed by atoms with van der Waals surface area (Å²) in [7, 11) is 0. The van der Waals surface area contributed by atoms with Crippen LogP contribution in [0.25, 0.3) is 0 Å². The fourth-order valence-electron chi connectivity index (χ4n) is 2.82. The molecule has 1 saturated carbocycles. The van der Waals surface area contributed by atoms with Crippen molar-refractivity contribution in [2.45, 2.75) is 51.5 Å². The average Bonchev–Trinajstić information content (AvgIpc) is 2.72. The first kappa shape index (κ1) is 12.4. The predicted octanol–water partition coefficient (Wildman–Crippen LogP) is 1.30. The van der Waals surface area contributed by atoms with Crippen molar-refractivity contribution >= 4 is 11.8 Å². The Hall–Kier alpha value is -1.06. The van der Waals surface area contributed by atoms with Crippen molar-refractivity contribution in [3.8, 4) is 0 Å². The lowest BCUT2D eigenvalue weighted by Crippen LogP contribution is -2.40. The summed E-state index contributed by atoms with van der Waals surface area (Å²) < 4.78 is 0. The van der Waals surface area contributed by atoms with Crippen LogP contribution in [0.3, 0.4) is 0 Å². The molecule has 96 valence electrons. The molecule has 1 N–H and O–H groups in total. The first-order chi connectivity index (χ1) is 8.20. The Balaban J connectivity index is 1.82. The van der Waals surface area contributed by atoms with E-state index in [1.165, 1.54) is 19.3 Å². The highest BCUT2D eigenvalue weighted by Gasteiger charge is 2.34. The van der Waals surface area contributed by atoms with E-state index in [2.05, 4.69) is 5.32 Å². The molecule has 2 amide bonds. The van der Waals surface area contributed by atoms with E-state index in [0.29, 0.717) is 25.6 Å². The van der Waals surface area contributed by atoms with E-state index < -0.39 is 0 Å². The minimum absolute atomic E-state index is 0.0844. The highest BCUT2D eigenvalue weighted by molar-refractivity contribution is 5.89. The molecule has 0 radical (unpaired) electrons. The third-order valence-corrected chi connectivity index (χ3v) is 3.92. The van der Waals surface area contributed by atoms with E-state index in [1.54, 1.807) is 4.90 Å². The molecule has 2 aliphatic rings. The summed E-state index contributed by atoms with van der Waals surface area (Å²) in [5.41, 5.74) is 0. The lowest BCUT2D eigenvalue weighted by atomic mass is 9.95. The van der Waals surface area contributed by atoms with Crippen LogP contribution in [0.5, 0.6) is 0 Å². The van der Waals surface area contributed by atoms with Gasteiger partial charge in [0.2, 0.25) is 11.8 Å². The van der Waals surface area contributed by atoms with Crippen molar-refractivity contribution in [1.82, 2.24) is 10.2 Å². The largest absolute Gasteiger partial charge is 0.353 e. The van der Waals surface area contributed by atoms with E-state index in [4.69, 9.17) is 0 Å². The molecule has 4 nitrogen and oxygen atoms in total. The standard InChI is InChI=1S/C13H22N2O2/c1-2-15-9-10(8-12(15)16)13(17)14-11-6-4-3-5-7-11/h10-11H,2-9H2,1H3,(H,14,17). The van der Waals surface area contributed by atoms with E-state index in [9.17, 15) is 9.59 Å². The minimum atomic E-state index is -0.121. The SMILES string of the molecule is CCN1CC(C(=O)NC2CCCCC2)CC1=O. The Morgan fingerprint density at radius 3 is 2.65 bits per heavy atom. The van der Waals surface area contributed by atoms with Gasteiger partial charge in [0, 0.05) is 25.6 Å². The molecule has 0 aromatic heterocycles. The number of nitrogens with zero attached hydrogens (tertiary/aromatic N) is 1. The Bertz CT molecular complexity index is 298. The molecule has 1 aliphatic carbocycles. The maximum Gasteiger partial charge on any atom is 0.225 e. The van der Waals surface area contributed by atoms with Crippen LogP contribution >= 0.6 is 0 Å². The maximum atomic E-state index is 12.0. The molecule has 2 fully saturated rings. The molecule has 1 heterocycles. The van der Waals surface area contributed by atoms with Crippen LogP contribution < -0.4 is 5.32 Å². The molecule has 2 rings (SSSR count). The van der Waals surface area contributed by atoms with Crippen molar-refractivity contribution in [2.24, 2.45) is 5.92 Å². The second-order valence-electron chi connectivity index (χ2n) is 5.18. The van der Waals surface area contributed by atoms with Crippen molar-refractivity contribution in [3.63, 3.8) is 0 Å². The number of hydrogen-bond donors (Lipinski definition) is 1. The molecule has 0 spiro atoms.